The van der Waals surface area contributed by atoms with Crippen LogP contribution < -0.4 is 5.32 Å². The summed E-state index contributed by atoms with van der Waals surface area (Å²) in [6, 6.07) is 2.57. The van der Waals surface area contributed by atoms with Gasteiger partial charge in [-0.25, -0.2) is 4.98 Å². The summed E-state index contributed by atoms with van der Waals surface area (Å²) in [7, 11) is 2.13. The van der Waals surface area contributed by atoms with E-state index in [1.165, 1.54) is 5.56 Å². The normalized spacial score (nSPS) is 11.2. The highest BCUT2D eigenvalue weighted by Crippen LogP contribution is 2.22. The largest absolute Gasteiger partial charge is 0.368 e. The van der Waals surface area contributed by atoms with E-state index < -0.39 is 0 Å². The van der Waals surface area contributed by atoms with Crippen LogP contribution in [0.15, 0.2) is 16.7 Å². The predicted octanol–water partition coefficient (Wildman–Crippen LogP) is 2.90. The molecule has 1 aromatic heterocycles. The van der Waals surface area contributed by atoms with Crippen LogP contribution in [0.4, 0.5) is 5.82 Å². The van der Waals surface area contributed by atoms with Gasteiger partial charge in [-0.2, -0.15) is 0 Å². The first-order valence-corrected chi connectivity index (χ1v) is 6.37. The Morgan fingerprint density at radius 1 is 1.50 bits per heavy atom. The van der Waals surface area contributed by atoms with Crippen molar-refractivity contribution in [3.8, 4) is 0 Å². The van der Waals surface area contributed by atoms with Gasteiger partial charge >= 0.3 is 0 Å². The third-order valence-corrected chi connectivity index (χ3v) is 3.72. The molecule has 0 aliphatic rings. The lowest BCUT2D eigenvalue weighted by atomic mass is 10.3. The minimum Gasteiger partial charge on any atom is -0.368 e. The van der Waals surface area contributed by atoms with Crippen molar-refractivity contribution in [1.82, 2.24) is 9.88 Å². The molecule has 0 unspecified atom stereocenters. The molecule has 0 spiro atoms. The average Bonchev–Trinajstić information content (AvgIpc) is 2.24. The molecular weight excluding hydrogens is 266 g/mol. The second-order valence-electron chi connectivity index (χ2n) is 4.29. The molecule has 0 aliphatic carbocycles. The summed E-state index contributed by atoms with van der Waals surface area (Å²) in [5.74, 6) is 0.928. The van der Waals surface area contributed by atoms with Crippen molar-refractivity contribution in [1.29, 1.82) is 0 Å². The van der Waals surface area contributed by atoms with Crippen LogP contribution in [0.3, 0.4) is 0 Å². The van der Waals surface area contributed by atoms with E-state index in [9.17, 15) is 0 Å². The van der Waals surface area contributed by atoms with Crippen LogP contribution in [0.25, 0.3) is 0 Å². The van der Waals surface area contributed by atoms with E-state index in [0.29, 0.717) is 6.04 Å². The van der Waals surface area contributed by atoms with E-state index in [2.05, 4.69) is 58.9 Å². The van der Waals surface area contributed by atoms with E-state index in [4.69, 9.17) is 0 Å². The summed E-state index contributed by atoms with van der Waals surface area (Å²) in [6.45, 7) is 8.38. The number of aryl methyl sites for hydroxylation is 1. The molecule has 1 heterocycles. The van der Waals surface area contributed by atoms with Crippen LogP contribution >= 0.6 is 15.9 Å². The highest BCUT2D eigenvalue weighted by Gasteiger charge is 2.05. The fourth-order valence-electron chi connectivity index (χ4n) is 1.27. The number of aromatic nitrogens is 1. The molecule has 4 heteroatoms. The van der Waals surface area contributed by atoms with Crippen LogP contribution in [0, 0.1) is 6.92 Å². The maximum absolute atomic E-state index is 4.30. The Morgan fingerprint density at radius 3 is 2.81 bits per heavy atom. The third-order valence-electron chi connectivity index (χ3n) is 2.72. The lowest BCUT2D eigenvalue weighted by Crippen LogP contribution is -2.31. The van der Waals surface area contributed by atoms with Crippen molar-refractivity contribution in [3.05, 3.63) is 22.3 Å². The zero-order chi connectivity index (χ0) is 12.1. The average molecular weight is 286 g/mol. The number of nitrogens with one attached hydrogen (secondary N) is 1. The summed E-state index contributed by atoms with van der Waals surface area (Å²) >= 11 is 3.54. The van der Waals surface area contributed by atoms with Gasteiger partial charge in [-0.15, -0.1) is 0 Å². The van der Waals surface area contributed by atoms with Crippen molar-refractivity contribution in [2.75, 3.05) is 25.5 Å². The quantitative estimate of drug-likeness (QED) is 0.902. The summed E-state index contributed by atoms with van der Waals surface area (Å²) in [5.41, 5.74) is 1.20. The minimum atomic E-state index is 0.579. The van der Waals surface area contributed by atoms with E-state index in [1.54, 1.807) is 0 Å². The number of rotatable bonds is 5. The maximum atomic E-state index is 4.30. The Hall–Kier alpha value is -0.610. The van der Waals surface area contributed by atoms with Crippen molar-refractivity contribution in [2.45, 2.75) is 26.8 Å². The lowest BCUT2D eigenvalue weighted by Gasteiger charge is -2.21. The molecule has 1 aromatic rings. The number of hydrogen-bond donors (Lipinski definition) is 1. The van der Waals surface area contributed by atoms with Gasteiger partial charge in [-0.3, -0.25) is 0 Å². The van der Waals surface area contributed by atoms with Crippen LogP contribution in [0.1, 0.15) is 19.4 Å². The first-order valence-electron chi connectivity index (χ1n) is 5.57. The molecule has 0 amide bonds. The van der Waals surface area contributed by atoms with Gasteiger partial charge in [0.25, 0.3) is 0 Å². The lowest BCUT2D eigenvalue weighted by molar-refractivity contribution is 0.284. The molecule has 0 aliphatic heterocycles. The Balaban J connectivity index is 2.46. The molecule has 0 bridgehead atoms. The molecule has 1 rings (SSSR count). The van der Waals surface area contributed by atoms with E-state index in [1.807, 2.05) is 12.3 Å². The second kappa shape index (κ2) is 6.21. The van der Waals surface area contributed by atoms with Gasteiger partial charge in [-0.1, -0.05) is 0 Å². The number of hydrogen-bond acceptors (Lipinski definition) is 3. The fraction of sp³-hybridized carbons (Fsp3) is 0.583. The van der Waals surface area contributed by atoms with Crippen molar-refractivity contribution >= 4 is 21.7 Å². The maximum Gasteiger partial charge on any atom is 0.140 e. The zero-order valence-corrected chi connectivity index (χ0v) is 12.0. The molecule has 3 nitrogen and oxygen atoms in total. The first-order chi connectivity index (χ1) is 7.52. The Kier molecular flexibility index (Phi) is 5.22. The minimum absolute atomic E-state index is 0.579. The Labute approximate surface area is 106 Å². The molecule has 0 atom stereocenters. The van der Waals surface area contributed by atoms with Crippen LogP contribution in [0.5, 0.6) is 0 Å². The van der Waals surface area contributed by atoms with Gasteiger partial charge in [-0.05, 0) is 55.4 Å². The van der Waals surface area contributed by atoms with E-state index in [0.717, 1.165) is 23.4 Å². The molecule has 16 heavy (non-hydrogen) atoms. The van der Waals surface area contributed by atoms with E-state index in [-0.39, 0.29) is 0 Å². The topological polar surface area (TPSA) is 28.2 Å². The summed E-state index contributed by atoms with van der Waals surface area (Å²) in [5, 5.41) is 3.34. The van der Waals surface area contributed by atoms with Crippen LogP contribution in [-0.2, 0) is 0 Å². The Morgan fingerprint density at radius 2 is 2.19 bits per heavy atom. The van der Waals surface area contributed by atoms with Crippen LogP contribution in [-0.4, -0.2) is 36.1 Å². The van der Waals surface area contributed by atoms with Gasteiger partial charge in [0.2, 0.25) is 0 Å². The monoisotopic (exact) mass is 285 g/mol. The number of nitrogens with zero attached hydrogens (tertiary/aromatic N) is 2. The summed E-state index contributed by atoms with van der Waals surface area (Å²) in [6.07, 6.45) is 1.83. The molecular formula is C12H20BrN3. The van der Waals surface area contributed by atoms with Crippen LogP contribution in [0.2, 0.25) is 0 Å². The molecule has 90 valence electrons. The smallest absolute Gasteiger partial charge is 0.140 e. The summed E-state index contributed by atoms with van der Waals surface area (Å²) < 4.78 is 1.06. The fourth-order valence-corrected chi connectivity index (χ4v) is 1.65. The molecule has 0 radical (unpaired) electrons. The van der Waals surface area contributed by atoms with Gasteiger partial charge < -0.3 is 10.2 Å². The number of anilines is 1. The predicted molar refractivity (Wildman–Crippen MR) is 72.9 cm³/mol. The molecule has 0 aromatic carbocycles. The number of likely N-dealkylation sites (N-methyl/N-ethyl adjacent to an activating group) is 1. The van der Waals surface area contributed by atoms with Gasteiger partial charge in [0.05, 0.1) is 4.47 Å². The molecule has 1 N–H and O–H groups in total. The Bertz CT molecular complexity index is 339. The third kappa shape index (κ3) is 3.76. The van der Waals surface area contributed by atoms with Crippen molar-refractivity contribution in [2.24, 2.45) is 0 Å². The van der Waals surface area contributed by atoms with Gasteiger partial charge in [0.15, 0.2) is 0 Å². The highest BCUT2D eigenvalue weighted by atomic mass is 79.9. The molecule has 0 fully saturated rings. The highest BCUT2D eigenvalue weighted by molar-refractivity contribution is 9.10. The van der Waals surface area contributed by atoms with Gasteiger partial charge in [0, 0.05) is 25.3 Å². The SMILES string of the molecule is Cc1ccnc(NCCN(C)C(C)C)c1Br. The summed E-state index contributed by atoms with van der Waals surface area (Å²) in [4.78, 5) is 6.61. The van der Waals surface area contributed by atoms with Gasteiger partial charge in [0.1, 0.15) is 5.82 Å². The van der Waals surface area contributed by atoms with Crippen molar-refractivity contribution < 1.29 is 0 Å². The molecule has 0 saturated carbocycles. The van der Waals surface area contributed by atoms with Crippen molar-refractivity contribution in [3.63, 3.8) is 0 Å². The van der Waals surface area contributed by atoms with E-state index >= 15 is 0 Å². The second-order valence-corrected chi connectivity index (χ2v) is 5.08. The standard InChI is InChI=1S/C12H20BrN3/c1-9(2)16(4)8-7-15-12-11(13)10(3)5-6-14-12/h5-6,9H,7-8H2,1-4H3,(H,14,15). The molecule has 0 saturated heterocycles. The number of pyridine rings is 1. The zero-order valence-electron chi connectivity index (χ0n) is 10.4. The first kappa shape index (κ1) is 13.5. The number of halogens is 1.